The molecule has 1 amide bonds. The predicted octanol–water partition coefficient (Wildman–Crippen LogP) is 3.39. The maximum atomic E-state index is 12.8. The molecule has 6 rings (SSSR count). The van der Waals surface area contributed by atoms with Crippen LogP contribution in [0.5, 0.6) is 0 Å². The van der Waals surface area contributed by atoms with Gasteiger partial charge in [0.2, 0.25) is 5.91 Å². The van der Waals surface area contributed by atoms with Crippen molar-refractivity contribution in [2.75, 3.05) is 6.54 Å². The van der Waals surface area contributed by atoms with Crippen molar-refractivity contribution in [3.63, 3.8) is 0 Å². The van der Waals surface area contributed by atoms with Crippen molar-refractivity contribution in [3.05, 3.63) is 53.9 Å². The van der Waals surface area contributed by atoms with Gasteiger partial charge in [0.15, 0.2) is 5.82 Å². The number of carbonyl (C=O) groups excluding carboxylic acids is 1. The van der Waals surface area contributed by atoms with E-state index in [-0.39, 0.29) is 22.8 Å². The van der Waals surface area contributed by atoms with Gasteiger partial charge in [0.1, 0.15) is 0 Å². The topological polar surface area (TPSA) is 59.0 Å². The summed E-state index contributed by atoms with van der Waals surface area (Å²) >= 11 is 0. The van der Waals surface area contributed by atoms with Gasteiger partial charge in [-0.25, -0.2) is 18.7 Å². The molecule has 1 atom stereocenters. The predicted molar refractivity (Wildman–Crippen MR) is 93.2 cm³/mol. The molecular formula is C20H20F2N4O. The number of hydrogen-bond acceptors (Lipinski definition) is 4. The average molecular weight is 370 g/mol. The molecule has 3 heterocycles. The second-order valence-corrected chi connectivity index (χ2v) is 8.18. The monoisotopic (exact) mass is 370 g/mol. The van der Waals surface area contributed by atoms with Gasteiger partial charge in [-0.15, -0.1) is 0 Å². The van der Waals surface area contributed by atoms with Crippen LogP contribution in [0, 0.1) is 0 Å². The normalized spacial score (nSPS) is 32.2. The van der Waals surface area contributed by atoms with E-state index in [1.807, 2.05) is 12.4 Å². The Morgan fingerprint density at radius 3 is 2.37 bits per heavy atom. The fraction of sp³-hybridized carbons (Fsp3) is 0.500. The van der Waals surface area contributed by atoms with Gasteiger partial charge in [-0.1, -0.05) is 0 Å². The number of likely N-dealkylation sites (tertiary alicyclic amines) is 1. The van der Waals surface area contributed by atoms with Gasteiger partial charge in [-0.05, 0) is 54.9 Å². The number of piperidine rings is 1. The van der Waals surface area contributed by atoms with E-state index in [0.717, 1.165) is 31.2 Å². The summed E-state index contributed by atoms with van der Waals surface area (Å²) in [7, 11) is 0. The van der Waals surface area contributed by atoms with Crippen LogP contribution in [-0.4, -0.2) is 37.8 Å². The molecule has 140 valence electrons. The number of nitrogens with zero attached hydrogens (tertiary/aromatic N) is 4. The molecule has 2 bridgehead atoms. The van der Waals surface area contributed by atoms with Crippen LogP contribution in [-0.2, 0) is 10.2 Å². The number of halogens is 2. The Morgan fingerprint density at radius 2 is 1.78 bits per heavy atom. The minimum absolute atomic E-state index is 0.0157. The lowest BCUT2D eigenvalue weighted by molar-refractivity contribution is -0.189. The summed E-state index contributed by atoms with van der Waals surface area (Å²) in [5.74, 6) is -0.285. The maximum Gasteiger partial charge on any atom is 0.297 e. The van der Waals surface area contributed by atoms with Crippen LogP contribution in [0.2, 0.25) is 0 Å². The van der Waals surface area contributed by atoms with E-state index in [4.69, 9.17) is 0 Å². The molecule has 2 aromatic heterocycles. The summed E-state index contributed by atoms with van der Waals surface area (Å²) in [5.41, 5.74) is 2.37. The number of pyridine rings is 1. The van der Waals surface area contributed by atoms with Gasteiger partial charge in [-0.3, -0.25) is 9.78 Å². The number of amides is 1. The number of carbonyl (C=O) groups is 1. The van der Waals surface area contributed by atoms with E-state index in [2.05, 4.69) is 32.0 Å². The summed E-state index contributed by atoms with van der Waals surface area (Å²) in [5, 5.41) is 0. The van der Waals surface area contributed by atoms with Crippen LogP contribution < -0.4 is 0 Å². The fourth-order valence-electron chi connectivity index (χ4n) is 5.32. The van der Waals surface area contributed by atoms with Crippen molar-refractivity contribution < 1.29 is 13.6 Å². The highest BCUT2D eigenvalue weighted by molar-refractivity contribution is 5.80. The van der Waals surface area contributed by atoms with Gasteiger partial charge < -0.3 is 4.90 Å². The summed E-state index contributed by atoms with van der Waals surface area (Å²) < 4.78 is 25.2. The lowest BCUT2D eigenvalue weighted by atomic mass is 9.37. The number of aromatic nitrogens is 3. The van der Waals surface area contributed by atoms with Crippen LogP contribution in [0.25, 0.3) is 0 Å². The van der Waals surface area contributed by atoms with Crippen molar-refractivity contribution >= 4 is 5.91 Å². The highest BCUT2D eigenvalue weighted by atomic mass is 19.3. The largest absolute Gasteiger partial charge is 0.337 e. The SMILES string of the molecule is O=C1CC(c2cnc(C(F)F)nc2)CCN1C12CC(c3ccncc3)(C1)C2. The van der Waals surface area contributed by atoms with Crippen LogP contribution in [0.1, 0.15) is 61.4 Å². The first-order valence-electron chi connectivity index (χ1n) is 9.32. The van der Waals surface area contributed by atoms with E-state index < -0.39 is 12.2 Å². The van der Waals surface area contributed by atoms with Gasteiger partial charge in [0.05, 0.1) is 0 Å². The third kappa shape index (κ3) is 2.47. The lowest BCUT2D eigenvalue weighted by Gasteiger charge is -2.74. The van der Waals surface area contributed by atoms with Crippen LogP contribution in [0.4, 0.5) is 8.78 Å². The molecule has 3 aliphatic carbocycles. The molecule has 3 saturated carbocycles. The zero-order chi connectivity index (χ0) is 18.6. The number of rotatable bonds is 4. The highest BCUT2D eigenvalue weighted by Gasteiger charge is 2.71. The number of alkyl halides is 2. The zero-order valence-corrected chi connectivity index (χ0v) is 14.8. The first-order chi connectivity index (χ1) is 13.0. The standard InChI is InChI=1S/C20H20F2N4O/c21-17(22)18-24-8-14(9-25-18)13-3-6-26(16(27)7-13)20-10-19(11-20,12-20)15-1-4-23-5-2-15/h1-2,4-5,8-9,13,17H,3,6-7,10-12H2. The minimum Gasteiger partial charge on any atom is -0.337 e. The molecule has 27 heavy (non-hydrogen) atoms. The molecule has 4 aliphatic rings. The molecule has 0 spiro atoms. The van der Waals surface area contributed by atoms with Crippen molar-refractivity contribution in [2.24, 2.45) is 0 Å². The van der Waals surface area contributed by atoms with Crippen molar-refractivity contribution in [3.8, 4) is 0 Å². The minimum atomic E-state index is -2.67. The Morgan fingerprint density at radius 1 is 1.11 bits per heavy atom. The van der Waals surface area contributed by atoms with Crippen LogP contribution in [0.15, 0.2) is 36.9 Å². The Hall–Kier alpha value is -2.44. The van der Waals surface area contributed by atoms with E-state index >= 15 is 0 Å². The highest BCUT2D eigenvalue weighted by Crippen LogP contribution is 2.70. The quantitative estimate of drug-likeness (QED) is 0.828. The molecule has 1 unspecified atom stereocenters. The molecule has 4 fully saturated rings. The van der Waals surface area contributed by atoms with Crippen molar-refractivity contribution in [2.45, 2.75) is 55.4 Å². The fourth-order valence-corrected chi connectivity index (χ4v) is 5.32. The second kappa shape index (κ2) is 5.78. The summed E-state index contributed by atoms with van der Waals surface area (Å²) in [6.45, 7) is 0.715. The second-order valence-electron chi connectivity index (χ2n) is 8.18. The Labute approximate surface area is 155 Å². The van der Waals surface area contributed by atoms with Crippen LogP contribution >= 0.6 is 0 Å². The molecule has 0 N–H and O–H groups in total. The molecule has 0 aromatic carbocycles. The number of hydrogen-bond donors (Lipinski definition) is 0. The van der Waals surface area contributed by atoms with Crippen molar-refractivity contribution in [1.82, 2.24) is 19.9 Å². The Balaban J connectivity index is 1.24. The third-order valence-electron chi connectivity index (χ3n) is 6.65. The Kier molecular flexibility index (Phi) is 3.58. The van der Waals surface area contributed by atoms with Crippen molar-refractivity contribution in [1.29, 1.82) is 0 Å². The lowest BCUT2D eigenvalue weighted by Crippen LogP contribution is -2.78. The summed E-state index contributed by atoms with van der Waals surface area (Å²) in [6.07, 6.45) is 8.23. The van der Waals surface area contributed by atoms with E-state index in [1.54, 1.807) is 0 Å². The maximum absolute atomic E-state index is 12.8. The van der Waals surface area contributed by atoms with E-state index in [9.17, 15) is 13.6 Å². The first kappa shape index (κ1) is 16.7. The average Bonchev–Trinajstić information content (AvgIpc) is 2.62. The van der Waals surface area contributed by atoms with Gasteiger partial charge in [0, 0.05) is 48.7 Å². The van der Waals surface area contributed by atoms with Crippen LogP contribution in [0.3, 0.4) is 0 Å². The van der Waals surface area contributed by atoms with Gasteiger partial charge >= 0.3 is 0 Å². The van der Waals surface area contributed by atoms with E-state index in [1.165, 1.54) is 18.0 Å². The Bertz CT molecular complexity index is 852. The molecule has 5 nitrogen and oxygen atoms in total. The molecule has 1 saturated heterocycles. The van der Waals surface area contributed by atoms with E-state index in [0.29, 0.717) is 13.0 Å². The summed E-state index contributed by atoms with van der Waals surface area (Å²) in [6, 6.07) is 4.17. The third-order valence-corrected chi connectivity index (χ3v) is 6.65. The zero-order valence-electron chi connectivity index (χ0n) is 14.8. The molecule has 0 radical (unpaired) electrons. The first-order valence-corrected chi connectivity index (χ1v) is 9.32. The molecule has 1 aliphatic heterocycles. The smallest absolute Gasteiger partial charge is 0.297 e. The molecule has 7 heteroatoms. The molecular weight excluding hydrogens is 350 g/mol. The van der Waals surface area contributed by atoms with Gasteiger partial charge in [0.25, 0.3) is 6.43 Å². The summed E-state index contributed by atoms with van der Waals surface area (Å²) in [4.78, 5) is 26.4. The molecule has 2 aromatic rings. The van der Waals surface area contributed by atoms with Gasteiger partial charge in [-0.2, -0.15) is 0 Å².